The normalized spacial score (nSPS) is 15.8. The molecule has 0 aliphatic heterocycles. The zero-order valence-corrected chi connectivity index (χ0v) is 12.0. The van der Waals surface area contributed by atoms with Crippen LogP contribution in [-0.4, -0.2) is 19.5 Å². The van der Waals surface area contributed by atoms with Gasteiger partial charge in [-0.2, -0.15) is 5.10 Å². The molecule has 0 saturated heterocycles. The quantitative estimate of drug-likeness (QED) is 0.839. The molecule has 0 bridgehead atoms. The van der Waals surface area contributed by atoms with E-state index >= 15 is 0 Å². The van der Waals surface area contributed by atoms with Crippen molar-refractivity contribution in [2.24, 2.45) is 0 Å². The molecule has 0 aliphatic carbocycles. The molecule has 0 fully saturated rings. The minimum Gasteiger partial charge on any atom is -0.598 e. The van der Waals surface area contributed by atoms with E-state index in [0.29, 0.717) is 0 Å². The van der Waals surface area contributed by atoms with Gasteiger partial charge in [0.15, 0.2) is 0 Å². The maximum Gasteiger partial charge on any atom is 0.136 e. The summed E-state index contributed by atoms with van der Waals surface area (Å²) in [5.41, 5.74) is 2.11. The number of nitrogens with one attached hydrogen (secondary N) is 2. The topological polar surface area (TPSA) is 63.8 Å². The fourth-order valence-corrected chi connectivity index (χ4v) is 2.57. The first-order chi connectivity index (χ1) is 8.39. The zero-order valence-electron chi connectivity index (χ0n) is 11.2. The lowest BCUT2D eigenvalue weighted by Gasteiger charge is -2.26. The molecule has 1 heterocycles. The summed E-state index contributed by atoms with van der Waals surface area (Å²) < 4.78 is 15.0. The molecule has 0 aliphatic rings. The summed E-state index contributed by atoms with van der Waals surface area (Å²) in [5.74, 6) is 0. The molecule has 1 aromatic heterocycles. The van der Waals surface area contributed by atoms with Crippen LogP contribution in [0.4, 0.5) is 0 Å². The minimum absolute atomic E-state index is 0.0198. The van der Waals surface area contributed by atoms with Crippen molar-refractivity contribution in [3.05, 3.63) is 30.0 Å². The van der Waals surface area contributed by atoms with Crippen LogP contribution in [0.25, 0.3) is 10.9 Å². The van der Waals surface area contributed by atoms with Crippen molar-refractivity contribution >= 4 is 22.3 Å². The van der Waals surface area contributed by atoms with Crippen LogP contribution in [0.1, 0.15) is 39.3 Å². The molecule has 0 spiro atoms. The van der Waals surface area contributed by atoms with E-state index in [1.807, 2.05) is 52.1 Å². The number of rotatable bonds is 3. The number of benzene rings is 1. The Labute approximate surface area is 110 Å². The third kappa shape index (κ3) is 2.68. The number of aromatic nitrogens is 2. The molecule has 18 heavy (non-hydrogen) atoms. The minimum atomic E-state index is -1.08. The molecule has 0 saturated carbocycles. The van der Waals surface area contributed by atoms with Crippen molar-refractivity contribution in [2.75, 3.05) is 0 Å². The van der Waals surface area contributed by atoms with Gasteiger partial charge in [0.05, 0.1) is 17.8 Å². The van der Waals surface area contributed by atoms with Gasteiger partial charge in [-0.3, -0.25) is 5.10 Å². The Morgan fingerprint density at radius 1 is 1.39 bits per heavy atom. The number of fused-ring (bicyclic) bond motifs is 1. The van der Waals surface area contributed by atoms with Gasteiger partial charge >= 0.3 is 0 Å². The van der Waals surface area contributed by atoms with Crippen molar-refractivity contribution in [2.45, 2.75) is 38.5 Å². The Morgan fingerprint density at radius 3 is 2.78 bits per heavy atom. The maximum atomic E-state index is 12.1. The van der Waals surface area contributed by atoms with Gasteiger partial charge < -0.3 is 4.55 Å². The summed E-state index contributed by atoms with van der Waals surface area (Å²) in [6.07, 6.45) is 1.81. The Hall–Kier alpha value is -1.04. The number of nitrogens with zero attached hydrogens (tertiary/aromatic N) is 1. The molecule has 0 amide bonds. The predicted octanol–water partition coefficient (Wildman–Crippen LogP) is 2.68. The number of hydrogen-bond acceptors (Lipinski definition) is 3. The van der Waals surface area contributed by atoms with Crippen LogP contribution in [-0.2, 0) is 11.4 Å². The van der Waals surface area contributed by atoms with Gasteiger partial charge in [-0.15, -0.1) is 4.72 Å². The summed E-state index contributed by atoms with van der Waals surface area (Å²) in [7, 11) is 0. The monoisotopic (exact) mass is 265 g/mol. The summed E-state index contributed by atoms with van der Waals surface area (Å²) >= 11 is -1.08. The molecule has 2 atom stereocenters. The Balaban J connectivity index is 2.23. The van der Waals surface area contributed by atoms with Crippen LogP contribution >= 0.6 is 0 Å². The van der Waals surface area contributed by atoms with Crippen molar-refractivity contribution in [3.63, 3.8) is 0 Å². The lowest BCUT2D eigenvalue weighted by Crippen LogP contribution is -2.40. The Bertz CT molecular complexity index is 532. The van der Waals surface area contributed by atoms with Crippen LogP contribution in [0.3, 0.4) is 0 Å². The highest BCUT2D eigenvalue weighted by Crippen LogP contribution is 2.25. The maximum absolute atomic E-state index is 12.1. The van der Waals surface area contributed by atoms with Crippen molar-refractivity contribution < 1.29 is 4.55 Å². The third-order valence-electron chi connectivity index (χ3n) is 2.83. The highest BCUT2D eigenvalue weighted by molar-refractivity contribution is 7.90. The summed E-state index contributed by atoms with van der Waals surface area (Å²) in [5, 5.41) is 8.06. The van der Waals surface area contributed by atoms with Gasteiger partial charge in [0, 0.05) is 16.7 Å². The molecule has 2 N–H and O–H groups in total. The van der Waals surface area contributed by atoms with Crippen LogP contribution in [0.5, 0.6) is 0 Å². The van der Waals surface area contributed by atoms with E-state index in [1.165, 1.54) is 0 Å². The fourth-order valence-electron chi connectivity index (χ4n) is 1.77. The fraction of sp³-hybridized carbons (Fsp3) is 0.462. The van der Waals surface area contributed by atoms with Crippen molar-refractivity contribution in [3.8, 4) is 0 Å². The van der Waals surface area contributed by atoms with Crippen LogP contribution in [0.2, 0.25) is 0 Å². The number of aromatic amines is 1. The lowest BCUT2D eigenvalue weighted by molar-refractivity contribution is 0.532. The number of hydrogen-bond donors (Lipinski definition) is 2. The second kappa shape index (κ2) is 4.91. The smallest absolute Gasteiger partial charge is 0.136 e. The molecular weight excluding hydrogens is 246 g/mol. The largest absolute Gasteiger partial charge is 0.598 e. The first-order valence-electron chi connectivity index (χ1n) is 5.99. The number of H-pyrrole nitrogens is 1. The summed E-state index contributed by atoms with van der Waals surface area (Å²) in [4.78, 5) is 0. The van der Waals surface area contributed by atoms with Crippen molar-refractivity contribution in [1.29, 1.82) is 0 Å². The molecule has 1 unspecified atom stereocenters. The van der Waals surface area contributed by atoms with Gasteiger partial charge in [-0.25, -0.2) is 0 Å². The lowest BCUT2D eigenvalue weighted by atomic mass is 10.1. The molecular formula is C13H19N3OS. The Morgan fingerprint density at radius 2 is 2.11 bits per heavy atom. The van der Waals surface area contributed by atoms with Gasteiger partial charge in [-0.1, -0.05) is 12.1 Å². The molecule has 4 nitrogen and oxygen atoms in total. The Kier molecular flexibility index (Phi) is 3.66. The predicted molar refractivity (Wildman–Crippen MR) is 75.5 cm³/mol. The third-order valence-corrected chi connectivity index (χ3v) is 4.51. The molecule has 2 rings (SSSR count). The first kappa shape index (κ1) is 13.4. The summed E-state index contributed by atoms with van der Waals surface area (Å²) in [6, 6.07) is 6.02. The van der Waals surface area contributed by atoms with E-state index in [1.54, 1.807) is 0 Å². The summed E-state index contributed by atoms with van der Waals surface area (Å²) in [6.45, 7) is 7.90. The van der Waals surface area contributed by atoms with Crippen LogP contribution < -0.4 is 4.72 Å². The van der Waals surface area contributed by atoms with Crippen molar-refractivity contribution in [1.82, 2.24) is 14.9 Å². The van der Waals surface area contributed by atoms with E-state index in [4.69, 9.17) is 0 Å². The van der Waals surface area contributed by atoms with E-state index in [0.717, 1.165) is 16.5 Å². The first-order valence-corrected chi connectivity index (χ1v) is 7.14. The molecule has 2 aromatic rings. The van der Waals surface area contributed by atoms with Gasteiger partial charge in [0.2, 0.25) is 0 Å². The van der Waals surface area contributed by atoms with E-state index < -0.39 is 11.4 Å². The van der Waals surface area contributed by atoms with E-state index in [2.05, 4.69) is 14.9 Å². The van der Waals surface area contributed by atoms with Crippen LogP contribution in [0.15, 0.2) is 24.4 Å². The average molecular weight is 265 g/mol. The molecule has 5 heteroatoms. The molecule has 1 aromatic carbocycles. The highest BCUT2D eigenvalue weighted by atomic mass is 32.2. The van der Waals surface area contributed by atoms with Gasteiger partial charge in [0.1, 0.15) is 4.75 Å². The average Bonchev–Trinajstić information content (AvgIpc) is 2.74. The standard InChI is InChI=1S/C13H19N3OS/c1-9(16-18(17)13(2,3)4)10-6-5-7-12-11(10)8-14-15-12/h5-9,16H,1-4H3,(H,14,15)/t9?,18-/m1/s1. The highest BCUT2D eigenvalue weighted by Gasteiger charge is 2.28. The zero-order chi connectivity index (χ0) is 13.3. The SMILES string of the molecule is CC(N[S@+]([O-])C(C)(C)C)c1cccc2[nH]ncc12. The second-order valence-electron chi connectivity index (χ2n) is 5.40. The molecule has 0 radical (unpaired) electrons. The van der Waals surface area contributed by atoms with E-state index in [-0.39, 0.29) is 10.8 Å². The van der Waals surface area contributed by atoms with Gasteiger partial charge in [0.25, 0.3) is 0 Å². The van der Waals surface area contributed by atoms with Gasteiger partial charge in [-0.05, 0) is 39.3 Å². The van der Waals surface area contributed by atoms with Crippen LogP contribution in [0, 0.1) is 0 Å². The molecule has 98 valence electrons. The van der Waals surface area contributed by atoms with E-state index in [9.17, 15) is 4.55 Å². The second-order valence-corrected chi connectivity index (χ2v) is 7.40.